The third-order valence-corrected chi connectivity index (χ3v) is 3.75. The smallest absolute Gasteiger partial charge is 0.312 e. The third-order valence-electron chi connectivity index (χ3n) is 2.71. The van der Waals surface area contributed by atoms with Crippen LogP contribution in [-0.2, 0) is 6.54 Å². The predicted molar refractivity (Wildman–Crippen MR) is 66.8 cm³/mol. The molecule has 1 rings (SSSR count). The van der Waals surface area contributed by atoms with Gasteiger partial charge in [-0.3, -0.25) is 10.1 Å². The average molecular weight is 242 g/mol. The maximum absolute atomic E-state index is 10.5. The number of rotatable bonds is 7. The largest absolute Gasteiger partial charge is 0.324 e. The van der Waals surface area contributed by atoms with E-state index in [1.165, 1.54) is 24.2 Å². The fraction of sp³-hybridized carbons (Fsp3) is 0.636. The van der Waals surface area contributed by atoms with Gasteiger partial charge in [0.2, 0.25) is 0 Å². The Kier molecular flexibility index (Phi) is 5.42. The molecule has 0 bridgehead atoms. The Labute approximate surface area is 99.8 Å². The van der Waals surface area contributed by atoms with Crippen LogP contribution in [0.4, 0.5) is 5.00 Å². The zero-order valence-electron chi connectivity index (χ0n) is 9.73. The summed E-state index contributed by atoms with van der Waals surface area (Å²) in [6.45, 7) is 6.09. The molecule has 1 heterocycles. The van der Waals surface area contributed by atoms with Crippen molar-refractivity contribution in [2.24, 2.45) is 5.92 Å². The topological polar surface area (TPSA) is 55.2 Å². The van der Waals surface area contributed by atoms with Crippen molar-refractivity contribution in [3.8, 4) is 0 Å². The van der Waals surface area contributed by atoms with Gasteiger partial charge < -0.3 is 5.32 Å². The van der Waals surface area contributed by atoms with Crippen molar-refractivity contribution in [1.29, 1.82) is 0 Å². The van der Waals surface area contributed by atoms with E-state index in [9.17, 15) is 10.1 Å². The van der Waals surface area contributed by atoms with Crippen LogP contribution in [0.5, 0.6) is 0 Å². The maximum atomic E-state index is 10.5. The van der Waals surface area contributed by atoms with E-state index in [1.807, 2.05) is 6.07 Å². The van der Waals surface area contributed by atoms with Crippen molar-refractivity contribution >= 4 is 16.3 Å². The first kappa shape index (κ1) is 13.1. The minimum absolute atomic E-state index is 0.222. The van der Waals surface area contributed by atoms with Crippen LogP contribution in [0.25, 0.3) is 0 Å². The normalized spacial score (nSPS) is 10.9. The lowest BCUT2D eigenvalue weighted by Gasteiger charge is -2.12. The Balaban J connectivity index is 2.34. The van der Waals surface area contributed by atoms with Crippen LogP contribution in [0.1, 0.15) is 31.6 Å². The standard InChI is InChI=1S/C11H18N2O2S/c1-3-9(4-2)7-12-8-10-5-6-11(16-10)13(14)15/h5-6,9,12H,3-4,7-8H2,1-2H3. The molecule has 90 valence electrons. The summed E-state index contributed by atoms with van der Waals surface area (Å²) in [5.41, 5.74) is 0. The molecule has 0 atom stereocenters. The van der Waals surface area contributed by atoms with Gasteiger partial charge in [0.15, 0.2) is 0 Å². The molecule has 0 aliphatic carbocycles. The maximum Gasteiger partial charge on any atom is 0.324 e. The number of thiophene rings is 1. The highest BCUT2D eigenvalue weighted by atomic mass is 32.1. The van der Waals surface area contributed by atoms with Gasteiger partial charge in [-0.05, 0) is 18.5 Å². The van der Waals surface area contributed by atoms with Crippen molar-refractivity contribution < 1.29 is 4.92 Å². The molecule has 0 unspecified atom stereocenters. The van der Waals surface area contributed by atoms with E-state index < -0.39 is 0 Å². The zero-order valence-corrected chi connectivity index (χ0v) is 10.5. The molecule has 0 spiro atoms. The van der Waals surface area contributed by atoms with E-state index in [2.05, 4.69) is 19.2 Å². The molecule has 0 aliphatic rings. The number of nitrogens with one attached hydrogen (secondary N) is 1. The molecule has 16 heavy (non-hydrogen) atoms. The second-order valence-corrected chi connectivity index (χ2v) is 4.96. The monoisotopic (exact) mass is 242 g/mol. The van der Waals surface area contributed by atoms with Crippen LogP contribution >= 0.6 is 11.3 Å². The molecule has 1 aromatic heterocycles. The SMILES string of the molecule is CCC(CC)CNCc1ccc([N+](=O)[O-])s1. The zero-order chi connectivity index (χ0) is 12.0. The summed E-state index contributed by atoms with van der Waals surface area (Å²) in [4.78, 5) is 11.2. The van der Waals surface area contributed by atoms with E-state index in [0.29, 0.717) is 5.92 Å². The summed E-state index contributed by atoms with van der Waals surface area (Å²) in [5.74, 6) is 0.704. The molecule has 0 aromatic carbocycles. The second kappa shape index (κ2) is 6.60. The van der Waals surface area contributed by atoms with Crippen molar-refractivity contribution in [2.45, 2.75) is 33.2 Å². The summed E-state index contributed by atoms with van der Waals surface area (Å²) >= 11 is 1.25. The van der Waals surface area contributed by atoms with Crippen molar-refractivity contribution in [3.05, 3.63) is 27.1 Å². The molecule has 0 saturated carbocycles. The molecule has 0 aliphatic heterocycles. The molecule has 0 saturated heterocycles. The Bertz CT molecular complexity index is 334. The molecule has 0 fully saturated rings. The van der Waals surface area contributed by atoms with Crippen LogP contribution in [0.15, 0.2) is 12.1 Å². The number of nitrogens with zero attached hydrogens (tertiary/aromatic N) is 1. The Morgan fingerprint density at radius 1 is 1.44 bits per heavy atom. The predicted octanol–water partition coefficient (Wildman–Crippen LogP) is 3.18. The Morgan fingerprint density at radius 3 is 2.62 bits per heavy atom. The van der Waals surface area contributed by atoms with Gasteiger partial charge in [0, 0.05) is 17.5 Å². The second-order valence-electron chi connectivity index (χ2n) is 3.81. The van der Waals surface area contributed by atoms with Crippen LogP contribution in [0, 0.1) is 16.0 Å². The molecule has 1 N–H and O–H groups in total. The summed E-state index contributed by atoms with van der Waals surface area (Å²) in [5, 5.41) is 14.0. The average Bonchev–Trinajstić information content (AvgIpc) is 2.73. The lowest BCUT2D eigenvalue weighted by molar-refractivity contribution is -0.380. The lowest BCUT2D eigenvalue weighted by Crippen LogP contribution is -2.21. The van der Waals surface area contributed by atoms with Gasteiger partial charge in [-0.15, -0.1) is 0 Å². The minimum atomic E-state index is -0.338. The highest BCUT2D eigenvalue weighted by molar-refractivity contribution is 7.15. The van der Waals surface area contributed by atoms with E-state index in [4.69, 9.17) is 0 Å². The molecule has 1 aromatic rings. The fourth-order valence-corrected chi connectivity index (χ4v) is 2.33. The van der Waals surface area contributed by atoms with E-state index in [1.54, 1.807) is 6.07 Å². The molecule has 0 amide bonds. The quantitative estimate of drug-likeness (QED) is 0.590. The van der Waals surface area contributed by atoms with Gasteiger partial charge in [-0.1, -0.05) is 38.0 Å². The van der Waals surface area contributed by atoms with Gasteiger partial charge in [0.05, 0.1) is 4.92 Å². The van der Waals surface area contributed by atoms with E-state index in [0.717, 1.165) is 18.0 Å². The van der Waals surface area contributed by atoms with E-state index in [-0.39, 0.29) is 9.92 Å². The first-order valence-electron chi connectivity index (χ1n) is 5.61. The highest BCUT2D eigenvalue weighted by Gasteiger charge is 2.09. The lowest BCUT2D eigenvalue weighted by atomic mass is 10.0. The summed E-state index contributed by atoms with van der Waals surface area (Å²) in [7, 11) is 0. The minimum Gasteiger partial charge on any atom is -0.312 e. The summed E-state index contributed by atoms with van der Waals surface area (Å²) < 4.78 is 0. The van der Waals surface area contributed by atoms with Gasteiger partial charge in [-0.2, -0.15) is 0 Å². The Hall–Kier alpha value is -0.940. The molecule has 4 nitrogen and oxygen atoms in total. The number of hydrogen-bond donors (Lipinski definition) is 1. The third kappa shape index (κ3) is 3.90. The van der Waals surface area contributed by atoms with E-state index >= 15 is 0 Å². The van der Waals surface area contributed by atoms with Crippen LogP contribution in [-0.4, -0.2) is 11.5 Å². The van der Waals surface area contributed by atoms with Crippen molar-refractivity contribution in [3.63, 3.8) is 0 Å². The fourth-order valence-electron chi connectivity index (χ4n) is 1.54. The summed E-state index contributed by atoms with van der Waals surface area (Å²) in [6, 6.07) is 3.39. The Morgan fingerprint density at radius 2 is 2.12 bits per heavy atom. The molecular weight excluding hydrogens is 224 g/mol. The summed E-state index contributed by atoms with van der Waals surface area (Å²) in [6.07, 6.45) is 2.35. The van der Waals surface area contributed by atoms with Gasteiger partial charge >= 0.3 is 5.00 Å². The number of hydrogen-bond acceptors (Lipinski definition) is 4. The van der Waals surface area contributed by atoms with Gasteiger partial charge in [0.25, 0.3) is 0 Å². The van der Waals surface area contributed by atoms with Crippen molar-refractivity contribution in [1.82, 2.24) is 5.32 Å². The first-order valence-corrected chi connectivity index (χ1v) is 6.42. The van der Waals surface area contributed by atoms with Crippen molar-refractivity contribution in [2.75, 3.05) is 6.54 Å². The van der Waals surface area contributed by atoms with Crippen LogP contribution in [0.2, 0.25) is 0 Å². The van der Waals surface area contributed by atoms with Gasteiger partial charge in [-0.25, -0.2) is 0 Å². The van der Waals surface area contributed by atoms with Crippen LogP contribution in [0.3, 0.4) is 0 Å². The highest BCUT2D eigenvalue weighted by Crippen LogP contribution is 2.23. The number of nitro groups is 1. The molecule has 5 heteroatoms. The first-order chi connectivity index (χ1) is 7.67. The molecule has 0 radical (unpaired) electrons. The van der Waals surface area contributed by atoms with Crippen LogP contribution < -0.4 is 5.32 Å². The van der Waals surface area contributed by atoms with Gasteiger partial charge in [0.1, 0.15) is 0 Å². The molecular formula is C11H18N2O2S.